The molecule has 1 fully saturated rings. The summed E-state index contributed by atoms with van der Waals surface area (Å²) in [6, 6.07) is 3.87. The molecule has 0 saturated carbocycles. The molecule has 0 amide bonds. The van der Waals surface area contributed by atoms with Crippen LogP contribution in [0, 0.1) is 0 Å². The third kappa shape index (κ3) is 2.04. The zero-order valence-electron chi connectivity index (χ0n) is 7.49. The molecule has 1 aromatic heterocycles. The molecule has 2 nitrogen and oxygen atoms in total. The third-order valence-electron chi connectivity index (χ3n) is 2.42. The van der Waals surface area contributed by atoms with Crippen molar-refractivity contribution in [3.05, 3.63) is 30.1 Å². The molecule has 70 valence electrons. The summed E-state index contributed by atoms with van der Waals surface area (Å²) in [7, 11) is 0. The number of likely N-dealkylation sites (tertiary alicyclic amines) is 1. The first-order valence-corrected chi connectivity index (χ1v) is 4.63. The van der Waals surface area contributed by atoms with Gasteiger partial charge in [-0.2, -0.15) is 0 Å². The first kappa shape index (κ1) is 8.63. The highest BCUT2D eigenvalue weighted by atomic mass is 19.1. The minimum Gasteiger partial charge on any atom is -0.270 e. The summed E-state index contributed by atoms with van der Waals surface area (Å²) in [5, 5.41) is 0. The van der Waals surface area contributed by atoms with Gasteiger partial charge in [-0.05, 0) is 30.5 Å². The van der Waals surface area contributed by atoms with Crippen LogP contribution in [0.5, 0.6) is 0 Å². The number of alkyl halides is 1. The van der Waals surface area contributed by atoms with E-state index in [0.717, 1.165) is 18.5 Å². The lowest BCUT2D eigenvalue weighted by Crippen LogP contribution is -2.25. The lowest BCUT2D eigenvalue weighted by molar-refractivity contribution is 0.120. The Morgan fingerprint density at radius 3 is 2.85 bits per heavy atom. The molecule has 0 spiro atoms. The number of hydrogen-bond donors (Lipinski definition) is 0. The zero-order valence-corrected chi connectivity index (χ0v) is 7.49. The van der Waals surface area contributed by atoms with Crippen LogP contribution in [0.2, 0.25) is 0 Å². The van der Waals surface area contributed by atoms with Gasteiger partial charge in [0, 0.05) is 25.5 Å². The number of hydrogen-bond acceptors (Lipinski definition) is 2. The molecule has 0 radical (unpaired) electrons. The van der Waals surface area contributed by atoms with E-state index in [2.05, 4.69) is 4.98 Å². The molecule has 1 atom stereocenters. The fourth-order valence-corrected chi connectivity index (χ4v) is 1.69. The Morgan fingerprint density at radius 1 is 1.46 bits per heavy atom. The smallest absolute Gasteiger partial charge is 0.153 e. The number of halogens is 1. The summed E-state index contributed by atoms with van der Waals surface area (Å²) in [5.41, 5.74) is 1.14. The summed E-state index contributed by atoms with van der Waals surface area (Å²) in [4.78, 5) is 5.80. The van der Waals surface area contributed by atoms with Gasteiger partial charge in [0.1, 0.15) is 0 Å². The van der Waals surface area contributed by atoms with Crippen molar-refractivity contribution in [3.63, 3.8) is 0 Å². The summed E-state index contributed by atoms with van der Waals surface area (Å²) >= 11 is 0. The monoisotopic (exact) mass is 180 g/mol. The molecule has 1 saturated heterocycles. The van der Waals surface area contributed by atoms with Crippen LogP contribution in [0.15, 0.2) is 24.5 Å². The molecule has 1 unspecified atom stereocenters. The number of pyridine rings is 1. The van der Waals surface area contributed by atoms with Crippen molar-refractivity contribution in [3.8, 4) is 0 Å². The number of rotatable bonds is 2. The van der Waals surface area contributed by atoms with Crippen LogP contribution in [-0.2, 0) is 6.54 Å². The van der Waals surface area contributed by atoms with Gasteiger partial charge in [0.05, 0.1) is 0 Å². The summed E-state index contributed by atoms with van der Waals surface area (Å²) in [6.45, 7) is 1.59. The SMILES string of the molecule is FC1CCCN1Cc1ccncc1. The molecule has 1 aromatic rings. The molecule has 2 heterocycles. The Morgan fingerprint density at radius 2 is 2.23 bits per heavy atom. The minimum atomic E-state index is -0.742. The molecule has 0 bridgehead atoms. The molecule has 13 heavy (non-hydrogen) atoms. The second-order valence-electron chi connectivity index (χ2n) is 3.40. The largest absolute Gasteiger partial charge is 0.270 e. The fourth-order valence-electron chi connectivity index (χ4n) is 1.69. The molecule has 0 aliphatic carbocycles. The first-order valence-electron chi connectivity index (χ1n) is 4.63. The van der Waals surface area contributed by atoms with Crippen LogP contribution in [0.1, 0.15) is 18.4 Å². The standard InChI is InChI=1S/C10H13FN2/c11-10-2-1-7-13(10)8-9-3-5-12-6-4-9/h3-6,10H,1-2,7-8H2. The number of nitrogens with zero attached hydrogens (tertiary/aromatic N) is 2. The minimum absolute atomic E-state index is 0.686. The van der Waals surface area contributed by atoms with E-state index in [4.69, 9.17) is 0 Å². The highest BCUT2D eigenvalue weighted by molar-refractivity contribution is 5.09. The van der Waals surface area contributed by atoms with Gasteiger partial charge < -0.3 is 0 Å². The first-order chi connectivity index (χ1) is 6.36. The highest BCUT2D eigenvalue weighted by Crippen LogP contribution is 2.20. The van der Waals surface area contributed by atoms with E-state index >= 15 is 0 Å². The normalized spacial score (nSPS) is 23.6. The van der Waals surface area contributed by atoms with Gasteiger partial charge in [-0.25, -0.2) is 4.39 Å². The van der Waals surface area contributed by atoms with Gasteiger partial charge >= 0.3 is 0 Å². The van der Waals surface area contributed by atoms with Crippen LogP contribution < -0.4 is 0 Å². The van der Waals surface area contributed by atoms with Crippen LogP contribution in [0.25, 0.3) is 0 Å². The summed E-state index contributed by atoms with van der Waals surface area (Å²) in [6.07, 6.45) is 4.42. The Bertz CT molecular complexity index is 263. The predicted molar refractivity (Wildman–Crippen MR) is 48.8 cm³/mol. The van der Waals surface area contributed by atoms with Crippen molar-refractivity contribution < 1.29 is 4.39 Å². The van der Waals surface area contributed by atoms with Gasteiger partial charge in [0.2, 0.25) is 0 Å². The average Bonchev–Trinajstić information content (AvgIpc) is 2.54. The van der Waals surface area contributed by atoms with Crippen LogP contribution >= 0.6 is 0 Å². The maximum atomic E-state index is 13.2. The molecule has 1 aliphatic rings. The van der Waals surface area contributed by atoms with Crippen LogP contribution in [-0.4, -0.2) is 22.7 Å². The lowest BCUT2D eigenvalue weighted by atomic mass is 10.2. The zero-order chi connectivity index (χ0) is 9.10. The average molecular weight is 180 g/mol. The van der Waals surface area contributed by atoms with Crippen molar-refractivity contribution in [2.45, 2.75) is 25.7 Å². The third-order valence-corrected chi connectivity index (χ3v) is 2.42. The van der Waals surface area contributed by atoms with Gasteiger partial charge in [0.15, 0.2) is 6.30 Å². The van der Waals surface area contributed by atoms with Crippen LogP contribution in [0.3, 0.4) is 0 Å². The Kier molecular flexibility index (Phi) is 2.54. The van der Waals surface area contributed by atoms with Gasteiger partial charge in [-0.15, -0.1) is 0 Å². The maximum absolute atomic E-state index is 13.2. The molecule has 2 rings (SSSR count). The summed E-state index contributed by atoms with van der Waals surface area (Å²) < 4.78 is 13.2. The molecule has 0 N–H and O–H groups in total. The Balaban J connectivity index is 1.98. The second-order valence-corrected chi connectivity index (χ2v) is 3.40. The quantitative estimate of drug-likeness (QED) is 0.647. The van der Waals surface area contributed by atoms with E-state index in [1.165, 1.54) is 0 Å². The Hall–Kier alpha value is -0.960. The fraction of sp³-hybridized carbons (Fsp3) is 0.500. The molecule has 3 heteroatoms. The van der Waals surface area contributed by atoms with Crippen molar-refractivity contribution in [2.75, 3.05) is 6.54 Å². The molecule has 0 aromatic carbocycles. The van der Waals surface area contributed by atoms with E-state index < -0.39 is 6.30 Å². The predicted octanol–water partition coefficient (Wildman–Crippen LogP) is 1.97. The summed E-state index contributed by atoms with van der Waals surface area (Å²) in [5.74, 6) is 0. The van der Waals surface area contributed by atoms with Crippen molar-refractivity contribution in [1.29, 1.82) is 0 Å². The molecular weight excluding hydrogens is 167 g/mol. The maximum Gasteiger partial charge on any atom is 0.153 e. The van der Waals surface area contributed by atoms with Gasteiger partial charge in [0.25, 0.3) is 0 Å². The van der Waals surface area contributed by atoms with E-state index in [1.54, 1.807) is 12.4 Å². The Labute approximate surface area is 77.4 Å². The molecular formula is C10H13FN2. The topological polar surface area (TPSA) is 16.1 Å². The highest BCUT2D eigenvalue weighted by Gasteiger charge is 2.23. The van der Waals surface area contributed by atoms with E-state index in [1.807, 2.05) is 17.0 Å². The van der Waals surface area contributed by atoms with Crippen molar-refractivity contribution in [1.82, 2.24) is 9.88 Å². The van der Waals surface area contributed by atoms with Gasteiger partial charge in [-0.1, -0.05) is 0 Å². The van der Waals surface area contributed by atoms with E-state index in [0.29, 0.717) is 13.0 Å². The van der Waals surface area contributed by atoms with Gasteiger partial charge in [-0.3, -0.25) is 9.88 Å². The second kappa shape index (κ2) is 3.83. The van der Waals surface area contributed by atoms with E-state index in [-0.39, 0.29) is 0 Å². The lowest BCUT2D eigenvalue weighted by Gasteiger charge is -2.17. The van der Waals surface area contributed by atoms with Crippen molar-refractivity contribution >= 4 is 0 Å². The van der Waals surface area contributed by atoms with Crippen LogP contribution in [0.4, 0.5) is 4.39 Å². The molecule has 1 aliphatic heterocycles. The van der Waals surface area contributed by atoms with E-state index in [9.17, 15) is 4.39 Å². The number of aromatic nitrogens is 1. The van der Waals surface area contributed by atoms with Crippen molar-refractivity contribution in [2.24, 2.45) is 0 Å².